The molecule has 0 saturated carbocycles. The first-order valence-electron chi connectivity index (χ1n) is 6.06. The molecule has 0 aromatic carbocycles. The molecule has 1 amide bonds. The molecule has 4 nitrogen and oxygen atoms in total. The summed E-state index contributed by atoms with van der Waals surface area (Å²) < 4.78 is 0. The number of amides is 1. The highest BCUT2D eigenvalue weighted by Gasteiger charge is 2.26. The second kappa shape index (κ2) is 4.93. The van der Waals surface area contributed by atoms with E-state index in [1.54, 1.807) is 17.5 Å². The van der Waals surface area contributed by atoms with Gasteiger partial charge in [0.15, 0.2) is 0 Å². The molecule has 0 atom stereocenters. The van der Waals surface area contributed by atoms with Crippen LogP contribution in [0.4, 0.5) is 5.00 Å². The van der Waals surface area contributed by atoms with Crippen molar-refractivity contribution in [1.29, 1.82) is 0 Å². The summed E-state index contributed by atoms with van der Waals surface area (Å²) >= 11 is 1.54. The van der Waals surface area contributed by atoms with Gasteiger partial charge in [0, 0.05) is 18.8 Å². The molecule has 2 aromatic heterocycles. The number of aromatic nitrogens is 1. The minimum atomic E-state index is 0.0424. The lowest BCUT2D eigenvalue weighted by atomic mass is 10.1. The summed E-state index contributed by atoms with van der Waals surface area (Å²) in [5, 5.41) is 8.87. The summed E-state index contributed by atoms with van der Waals surface area (Å²) in [5.74, 6) is 0.0424. The number of nitrogens with zero attached hydrogens (tertiary/aromatic N) is 3. The SMILES string of the molecule is Cc1csc(N2N=C(Cc3cccnc3)CC2=O)c1. The van der Waals surface area contributed by atoms with Gasteiger partial charge in [0.25, 0.3) is 5.91 Å². The van der Waals surface area contributed by atoms with Crippen molar-refractivity contribution in [2.45, 2.75) is 19.8 Å². The molecule has 0 N–H and O–H groups in total. The van der Waals surface area contributed by atoms with Crippen LogP contribution in [0.5, 0.6) is 0 Å². The van der Waals surface area contributed by atoms with E-state index in [0.717, 1.165) is 21.8 Å². The number of carbonyl (C=O) groups excluding carboxylic acids is 1. The molecule has 0 spiro atoms. The molecule has 5 heteroatoms. The number of thiophene rings is 1. The van der Waals surface area contributed by atoms with E-state index < -0.39 is 0 Å². The minimum absolute atomic E-state index is 0.0424. The summed E-state index contributed by atoms with van der Waals surface area (Å²) in [5.41, 5.74) is 3.13. The van der Waals surface area contributed by atoms with Gasteiger partial charge in [-0.05, 0) is 35.6 Å². The van der Waals surface area contributed by atoms with Crippen molar-refractivity contribution in [1.82, 2.24) is 4.98 Å². The van der Waals surface area contributed by atoms with Crippen molar-refractivity contribution < 1.29 is 4.79 Å². The van der Waals surface area contributed by atoms with Gasteiger partial charge in [-0.15, -0.1) is 11.3 Å². The smallest absolute Gasteiger partial charge is 0.253 e. The predicted molar refractivity (Wildman–Crippen MR) is 76.5 cm³/mol. The Bertz CT molecular complexity index is 633. The van der Waals surface area contributed by atoms with E-state index >= 15 is 0 Å². The molecule has 3 heterocycles. The van der Waals surface area contributed by atoms with Crippen molar-refractivity contribution in [3.63, 3.8) is 0 Å². The number of hydrogen-bond donors (Lipinski definition) is 0. The molecular weight excluding hydrogens is 258 g/mol. The Morgan fingerprint density at radius 1 is 1.47 bits per heavy atom. The molecule has 3 rings (SSSR count). The number of rotatable bonds is 3. The normalized spacial score (nSPS) is 14.9. The van der Waals surface area contributed by atoms with Gasteiger partial charge in [-0.1, -0.05) is 6.07 Å². The number of anilines is 1. The van der Waals surface area contributed by atoms with E-state index in [9.17, 15) is 4.79 Å². The maximum Gasteiger partial charge on any atom is 0.253 e. The topological polar surface area (TPSA) is 45.6 Å². The fourth-order valence-corrected chi connectivity index (χ4v) is 2.89. The number of carbonyl (C=O) groups is 1. The van der Waals surface area contributed by atoms with Gasteiger partial charge in [-0.2, -0.15) is 10.1 Å². The van der Waals surface area contributed by atoms with Gasteiger partial charge in [-0.25, -0.2) is 0 Å². The molecule has 0 fully saturated rings. The highest BCUT2D eigenvalue weighted by atomic mass is 32.1. The molecule has 0 bridgehead atoms. The van der Waals surface area contributed by atoms with Gasteiger partial charge in [0.05, 0.1) is 12.1 Å². The fourth-order valence-electron chi connectivity index (χ4n) is 2.02. The Morgan fingerprint density at radius 2 is 2.37 bits per heavy atom. The summed E-state index contributed by atoms with van der Waals surface area (Å²) in [6.45, 7) is 2.01. The second-order valence-electron chi connectivity index (χ2n) is 4.55. The lowest BCUT2D eigenvalue weighted by molar-refractivity contribution is -0.116. The maximum absolute atomic E-state index is 12.0. The molecule has 2 aromatic rings. The minimum Gasteiger partial charge on any atom is -0.272 e. The van der Waals surface area contributed by atoms with Crippen molar-refractivity contribution in [2.75, 3.05) is 5.01 Å². The van der Waals surface area contributed by atoms with Gasteiger partial charge in [-0.3, -0.25) is 9.78 Å². The standard InChI is InChI=1S/C14H13N3OS/c1-10-5-14(19-9-10)17-13(18)7-12(16-17)6-11-3-2-4-15-8-11/h2-5,8-9H,6-7H2,1H3. The molecule has 0 saturated heterocycles. The van der Waals surface area contributed by atoms with Crippen LogP contribution in [0.3, 0.4) is 0 Å². The van der Waals surface area contributed by atoms with E-state index in [1.165, 1.54) is 5.01 Å². The van der Waals surface area contributed by atoms with Crippen LogP contribution < -0.4 is 5.01 Å². The van der Waals surface area contributed by atoms with Crippen molar-refractivity contribution in [3.05, 3.63) is 47.1 Å². The quantitative estimate of drug-likeness (QED) is 0.861. The molecule has 0 aliphatic carbocycles. The van der Waals surface area contributed by atoms with Gasteiger partial charge in [0.1, 0.15) is 5.00 Å². The van der Waals surface area contributed by atoms with Gasteiger partial charge >= 0.3 is 0 Å². The van der Waals surface area contributed by atoms with Crippen LogP contribution >= 0.6 is 11.3 Å². The summed E-state index contributed by atoms with van der Waals surface area (Å²) in [7, 11) is 0. The lowest BCUT2D eigenvalue weighted by Gasteiger charge is -2.07. The fraction of sp³-hybridized carbons (Fsp3) is 0.214. The Kier molecular flexibility index (Phi) is 3.13. The molecule has 96 valence electrons. The summed E-state index contributed by atoms with van der Waals surface area (Å²) in [4.78, 5) is 16.1. The zero-order valence-corrected chi connectivity index (χ0v) is 11.4. The molecule has 0 radical (unpaired) electrons. The zero-order chi connectivity index (χ0) is 13.2. The molecule has 1 aliphatic heterocycles. The highest BCUT2D eigenvalue weighted by molar-refractivity contribution is 7.14. The lowest BCUT2D eigenvalue weighted by Crippen LogP contribution is -2.18. The third-order valence-electron chi connectivity index (χ3n) is 2.89. The van der Waals surface area contributed by atoms with Crippen LogP contribution in [-0.2, 0) is 11.2 Å². The van der Waals surface area contributed by atoms with Crippen LogP contribution in [-0.4, -0.2) is 16.6 Å². The second-order valence-corrected chi connectivity index (χ2v) is 5.44. The van der Waals surface area contributed by atoms with E-state index in [1.807, 2.05) is 36.7 Å². The van der Waals surface area contributed by atoms with Gasteiger partial charge in [0.2, 0.25) is 0 Å². The van der Waals surface area contributed by atoms with Gasteiger partial charge < -0.3 is 0 Å². The first kappa shape index (κ1) is 12.0. The number of hydrazone groups is 1. The van der Waals surface area contributed by atoms with Crippen LogP contribution in [0.1, 0.15) is 17.5 Å². The van der Waals surface area contributed by atoms with E-state index in [0.29, 0.717) is 12.8 Å². The van der Waals surface area contributed by atoms with E-state index in [2.05, 4.69) is 10.1 Å². The Morgan fingerprint density at radius 3 is 3.05 bits per heavy atom. The predicted octanol–water partition coefficient (Wildman–Crippen LogP) is 2.79. The third-order valence-corrected chi connectivity index (χ3v) is 3.91. The molecule has 1 aliphatic rings. The first-order valence-corrected chi connectivity index (χ1v) is 6.94. The van der Waals surface area contributed by atoms with Crippen molar-refractivity contribution >= 4 is 28.0 Å². The van der Waals surface area contributed by atoms with Crippen LogP contribution in [0.15, 0.2) is 41.1 Å². The van der Waals surface area contributed by atoms with E-state index in [-0.39, 0.29) is 5.91 Å². The average Bonchev–Trinajstić information content (AvgIpc) is 2.97. The van der Waals surface area contributed by atoms with Crippen LogP contribution in [0, 0.1) is 6.92 Å². The zero-order valence-electron chi connectivity index (χ0n) is 10.5. The average molecular weight is 271 g/mol. The number of pyridine rings is 1. The van der Waals surface area contributed by atoms with Crippen molar-refractivity contribution in [2.24, 2.45) is 5.10 Å². The monoisotopic (exact) mass is 271 g/mol. The van der Waals surface area contributed by atoms with Crippen LogP contribution in [0.2, 0.25) is 0 Å². The van der Waals surface area contributed by atoms with Crippen molar-refractivity contribution in [3.8, 4) is 0 Å². The maximum atomic E-state index is 12.0. The molecular formula is C14H13N3OS. The van der Waals surface area contributed by atoms with E-state index in [4.69, 9.17) is 0 Å². The number of hydrogen-bond acceptors (Lipinski definition) is 4. The highest BCUT2D eigenvalue weighted by Crippen LogP contribution is 2.28. The number of aryl methyl sites for hydroxylation is 1. The largest absolute Gasteiger partial charge is 0.272 e. The Balaban J connectivity index is 1.80. The molecule has 19 heavy (non-hydrogen) atoms. The first-order chi connectivity index (χ1) is 9.22. The third kappa shape index (κ3) is 2.56. The Hall–Kier alpha value is -2.01. The molecule has 0 unspecified atom stereocenters. The van der Waals surface area contributed by atoms with Crippen LogP contribution in [0.25, 0.3) is 0 Å². The summed E-state index contributed by atoms with van der Waals surface area (Å²) in [6, 6.07) is 5.88. The Labute approximate surface area is 115 Å². The summed E-state index contributed by atoms with van der Waals surface area (Å²) in [6.07, 6.45) is 4.63.